The van der Waals surface area contributed by atoms with E-state index in [1.807, 2.05) is 30.3 Å². The van der Waals surface area contributed by atoms with Gasteiger partial charge in [-0.1, -0.05) is 30.3 Å². The Morgan fingerprint density at radius 1 is 1.22 bits per heavy atom. The van der Waals surface area contributed by atoms with E-state index in [-0.39, 0.29) is 11.5 Å². The number of ether oxygens (including phenoxy) is 1. The molecule has 6 heteroatoms. The van der Waals surface area contributed by atoms with Crippen molar-refractivity contribution in [3.05, 3.63) is 70.0 Å². The molecule has 0 fully saturated rings. The van der Waals surface area contributed by atoms with E-state index in [9.17, 15) is 14.9 Å². The Morgan fingerprint density at radius 2 is 1.87 bits per heavy atom. The van der Waals surface area contributed by atoms with Crippen LogP contribution >= 0.6 is 0 Å². The fraction of sp³-hybridized carbons (Fsp3) is 0.353. The highest BCUT2D eigenvalue weighted by Crippen LogP contribution is 2.26. The fourth-order valence-electron chi connectivity index (χ4n) is 2.36. The van der Waals surface area contributed by atoms with Gasteiger partial charge in [0.25, 0.3) is 0 Å². The van der Waals surface area contributed by atoms with Crippen LogP contribution < -0.4 is 0 Å². The van der Waals surface area contributed by atoms with Crippen LogP contribution in [0.1, 0.15) is 37.9 Å². The summed E-state index contributed by atoms with van der Waals surface area (Å²) < 4.78 is 6.71. The molecule has 0 amide bonds. The molecule has 6 nitrogen and oxygen atoms in total. The third-order valence-electron chi connectivity index (χ3n) is 3.26. The van der Waals surface area contributed by atoms with Crippen LogP contribution in [0.25, 0.3) is 0 Å². The summed E-state index contributed by atoms with van der Waals surface area (Å²) in [6.45, 7) is 5.04. The van der Waals surface area contributed by atoms with Crippen molar-refractivity contribution in [3.63, 3.8) is 0 Å². The van der Waals surface area contributed by atoms with Crippen LogP contribution in [0.2, 0.25) is 0 Å². The van der Waals surface area contributed by atoms with Crippen molar-refractivity contribution in [1.82, 2.24) is 4.57 Å². The standard InChI is InChI=1S/C17H20N2O4/c1-17(2,3)23-16(20)18-11-7-10-15(18)14(12-19(21)22)13-8-5-4-6-9-13/h4-11,14H,12H2,1-3H3. The molecule has 2 aromatic rings. The van der Waals surface area contributed by atoms with Gasteiger partial charge in [0.2, 0.25) is 6.54 Å². The molecule has 0 N–H and O–H groups in total. The quantitative estimate of drug-likeness (QED) is 0.637. The molecule has 0 aliphatic rings. The largest absolute Gasteiger partial charge is 0.443 e. The number of hydrogen-bond acceptors (Lipinski definition) is 4. The molecule has 1 aromatic heterocycles. The predicted molar refractivity (Wildman–Crippen MR) is 86.2 cm³/mol. The Bertz CT molecular complexity index is 686. The maximum absolute atomic E-state index is 12.3. The van der Waals surface area contributed by atoms with Crippen molar-refractivity contribution >= 4 is 6.09 Å². The van der Waals surface area contributed by atoms with Crippen LogP contribution in [0.15, 0.2) is 48.7 Å². The van der Waals surface area contributed by atoms with Gasteiger partial charge in [0.15, 0.2) is 0 Å². The first-order chi connectivity index (χ1) is 10.8. The van der Waals surface area contributed by atoms with E-state index in [4.69, 9.17) is 4.74 Å². The molecule has 122 valence electrons. The van der Waals surface area contributed by atoms with Gasteiger partial charge in [0.05, 0.1) is 5.92 Å². The van der Waals surface area contributed by atoms with Gasteiger partial charge in [-0.15, -0.1) is 0 Å². The second-order valence-electron chi connectivity index (χ2n) is 6.26. The first kappa shape index (κ1) is 16.7. The van der Waals surface area contributed by atoms with Crippen LogP contribution in [0.5, 0.6) is 0 Å². The normalized spacial score (nSPS) is 12.7. The topological polar surface area (TPSA) is 74.4 Å². The molecule has 1 heterocycles. The molecule has 0 saturated heterocycles. The van der Waals surface area contributed by atoms with Crippen LogP contribution in [-0.4, -0.2) is 27.7 Å². The molecule has 0 bridgehead atoms. The number of nitro groups is 1. The summed E-state index contributed by atoms with van der Waals surface area (Å²) >= 11 is 0. The Kier molecular flexibility index (Phi) is 4.83. The maximum Gasteiger partial charge on any atom is 0.418 e. The minimum absolute atomic E-state index is 0.295. The zero-order valence-corrected chi connectivity index (χ0v) is 13.4. The molecule has 1 atom stereocenters. The fourth-order valence-corrected chi connectivity index (χ4v) is 2.36. The highest BCUT2D eigenvalue weighted by atomic mass is 16.6. The monoisotopic (exact) mass is 316 g/mol. The van der Waals surface area contributed by atoms with E-state index in [0.29, 0.717) is 5.69 Å². The van der Waals surface area contributed by atoms with E-state index < -0.39 is 17.6 Å². The van der Waals surface area contributed by atoms with Crippen molar-refractivity contribution in [3.8, 4) is 0 Å². The molecular weight excluding hydrogens is 296 g/mol. The molecule has 0 radical (unpaired) electrons. The van der Waals surface area contributed by atoms with Crippen molar-refractivity contribution in [1.29, 1.82) is 0 Å². The van der Waals surface area contributed by atoms with E-state index in [0.717, 1.165) is 5.56 Å². The van der Waals surface area contributed by atoms with Crippen molar-refractivity contribution in [2.45, 2.75) is 32.3 Å². The van der Waals surface area contributed by atoms with Gasteiger partial charge in [-0.05, 0) is 38.5 Å². The summed E-state index contributed by atoms with van der Waals surface area (Å²) in [6.07, 6.45) is 1.03. The minimum Gasteiger partial charge on any atom is -0.443 e. The van der Waals surface area contributed by atoms with Crippen LogP contribution in [-0.2, 0) is 4.74 Å². The summed E-state index contributed by atoms with van der Waals surface area (Å²) in [4.78, 5) is 23.0. The second kappa shape index (κ2) is 6.64. The molecule has 0 spiro atoms. The molecule has 1 aromatic carbocycles. The van der Waals surface area contributed by atoms with Gasteiger partial charge in [-0.2, -0.15) is 0 Å². The van der Waals surface area contributed by atoms with E-state index in [1.54, 1.807) is 39.1 Å². The lowest BCUT2D eigenvalue weighted by molar-refractivity contribution is -0.482. The van der Waals surface area contributed by atoms with Crippen LogP contribution in [0.4, 0.5) is 4.79 Å². The Morgan fingerprint density at radius 3 is 2.43 bits per heavy atom. The number of benzene rings is 1. The van der Waals surface area contributed by atoms with Crippen molar-refractivity contribution in [2.24, 2.45) is 0 Å². The summed E-state index contributed by atoms with van der Waals surface area (Å²) in [6, 6.07) is 12.5. The molecule has 1 unspecified atom stereocenters. The van der Waals surface area contributed by atoms with Gasteiger partial charge < -0.3 is 4.74 Å². The van der Waals surface area contributed by atoms with Gasteiger partial charge in [-0.3, -0.25) is 14.7 Å². The summed E-state index contributed by atoms with van der Waals surface area (Å²) in [7, 11) is 0. The first-order valence-electron chi connectivity index (χ1n) is 7.35. The van der Waals surface area contributed by atoms with Crippen molar-refractivity contribution < 1.29 is 14.5 Å². The first-order valence-corrected chi connectivity index (χ1v) is 7.35. The number of rotatable bonds is 4. The third kappa shape index (κ3) is 4.42. The Labute approximate surface area is 134 Å². The molecule has 0 saturated carbocycles. The maximum atomic E-state index is 12.3. The summed E-state index contributed by atoms with van der Waals surface area (Å²) in [5.41, 5.74) is 0.694. The number of carbonyl (C=O) groups is 1. The Balaban J connectivity index is 2.39. The molecule has 23 heavy (non-hydrogen) atoms. The van der Waals surface area contributed by atoms with Gasteiger partial charge in [0.1, 0.15) is 5.60 Å². The highest BCUT2D eigenvalue weighted by molar-refractivity contribution is 5.72. The van der Waals surface area contributed by atoms with E-state index in [1.165, 1.54) is 4.57 Å². The van der Waals surface area contributed by atoms with Gasteiger partial charge in [0, 0.05) is 16.8 Å². The van der Waals surface area contributed by atoms with E-state index in [2.05, 4.69) is 0 Å². The number of nitrogens with zero attached hydrogens (tertiary/aromatic N) is 2. The van der Waals surface area contributed by atoms with Crippen LogP contribution in [0, 0.1) is 10.1 Å². The number of carbonyl (C=O) groups excluding carboxylic acids is 1. The average Bonchev–Trinajstić information content (AvgIpc) is 2.93. The highest BCUT2D eigenvalue weighted by Gasteiger charge is 2.27. The SMILES string of the molecule is CC(C)(C)OC(=O)n1cccc1C(C[N+](=O)[O-])c1ccccc1. The number of hydrogen-bond donors (Lipinski definition) is 0. The second-order valence-corrected chi connectivity index (χ2v) is 6.26. The molecule has 0 aliphatic heterocycles. The lowest BCUT2D eigenvalue weighted by atomic mass is 9.96. The third-order valence-corrected chi connectivity index (χ3v) is 3.26. The van der Waals surface area contributed by atoms with Gasteiger partial charge in [-0.25, -0.2) is 4.79 Å². The summed E-state index contributed by atoms with van der Waals surface area (Å²) in [5, 5.41) is 11.1. The average molecular weight is 316 g/mol. The predicted octanol–water partition coefficient (Wildman–Crippen LogP) is 3.68. The van der Waals surface area contributed by atoms with Crippen LogP contribution in [0.3, 0.4) is 0 Å². The van der Waals surface area contributed by atoms with E-state index >= 15 is 0 Å². The zero-order valence-electron chi connectivity index (χ0n) is 13.4. The van der Waals surface area contributed by atoms with Gasteiger partial charge >= 0.3 is 6.09 Å². The van der Waals surface area contributed by atoms with Crippen molar-refractivity contribution in [2.75, 3.05) is 6.54 Å². The minimum atomic E-state index is -0.635. The lowest BCUT2D eigenvalue weighted by Crippen LogP contribution is -2.29. The molecule has 2 rings (SSSR count). The smallest absolute Gasteiger partial charge is 0.418 e. The molecular formula is C17H20N2O4. The number of aromatic nitrogens is 1. The lowest BCUT2D eigenvalue weighted by Gasteiger charge is -2.22. The zero-order chi connectivity index (χ0) is 17.0. The Hall–Kier alpha value is -2.63. The molecule has 0 aliphatic carbocycles. The summed E-state index contributed by atoms with van der Waals surface area (Å²) in [5.74, 6) is -0.520.